The maximum Gasteiger partial charge on any atom is 0.245 e. The molecule has 0 radical (unpaired) electrons. The standard InChI is InChI=1S/C34H61N7O6/c1-20(2)16-27-31(44)39-29(25-14-8-7-9-15-25)33(46)37-26(17-35)30(43)38-28(23(5)42)32(45)36-21(3)18-41(19-24-12-10-11-13-24)22(4)34(47)40(27)6/h20-29,42H,7-19,35H2,1-6H3,(H,36,45)(H,37,46)(H,38,43)(H,39,44)/t21-,22-,23-,26-,27-,28-,29-/m0/s1. The minimum atomic E-state index is -1.30. The Bertz CT molecular complexity index is 1080. The SMILES string of the molecule is CC(C)C[C@H]1C(=O)N[C@@H](C2CCCCC2)C(=O)N[C@@H](CN)C(=O)N[C@@H]([C@H](C)O)C(=O)N[C@@H](C)CN(CC2CCCC2)[C@@H](C)C(=O)N1C. The first kappa shape index (κ1) is 38.7. The van der Waals surface area contributed by atoms with Crippen LogP contribution < -0.4 is 27.0 Å². The number of rotatable bonds is 7. The smallest absolute Gasteiger partial charge is 0.245 e. The van der Waals surface area contributed by atoms with Gasteiger partial charge in [0.05, 0.1) is 12.1 Å². The Morgan fingerprint density at radius 1 is 0.809 bits per heavy atom. The Morgan fingerprint density at radius 2 is 1.43 bits per heavy atom. The molecule has 1 aliphatic heterocycles. The van der Waals surface area contributed by atoms with Crippen molar-refractivity contribution in [3.05, 3.63) is 0 Å². The summed E-state index contributed by atoms with van der Waals surface area (Å²) in [5, 5.41) is 21.7. The zero-order valence-electron chi connectivity index (χ0n) is 29.4. The summed E-state index contributed by atoms with van der Waals surface area (Å²) >= 11 is 0. The number of nitrogens with two attached hydrogens (primary N) is 1. The third kappa shape index (κ3) is 10.9. The van der Waals surface area contributed by atoms with Crippen molar-refractivity contribution in [1.82, 2.24) is 31.1 Å². The molecule has 13 nitrogen and oxygen atoms in total. The summed E-state index contributed by atoms with van der Waals surface area (Å²) in [5.74, 6) is -2.09. The fraction of sp³-hybridized carbons (Fsp3) is 0.853. The molecule has 0 spiro atoms. The molecule has 2 aliphatic carbocycles. The summed E-state index contributed by atoms with van der Waals surface area (Å²) in [6.45, 7) is 9.83. The average molecular weight is 664 g/mol. The van der Waals surface area contributed by atoms with Gasteiger partial charge >= 0.3 is 0 Å². The number of carbonyl (C=O) groups is 5. The molecule has 47 heavy (non-hydrogen) atoms. The van der Waals surface area contributed by atoms with Crippen LogP contribution in [0, 0.1) is 17.8 Å². The van der Waals surface area contributed by atoms with Crippen molar-refractivity contribution in [3.63, 3.8) is 0 Å². The van der Waals surface area contributed by atoms with Gasteiger partial charge in [0.2, 0.25) is 29.5 Å². The van der Waals surface area contributed by atoms with Crippen molar-refractivity contribution >= 4 is 29.5 Å². The maximum absolute atomic E-state index is 14.2. The van der Waals surface area contributed by atoms with Gasteiger partial charge in [0.25, 0.3) is 0 Å². The van der Waals surface area contributed by atoms with Gasteiger partial charge in [-0.1, -0.05) is 46.0 Å². The van der Waals surface area contributed by atoms with Crippen molar-refractivity contribution in [1.29, 1.82) is 0 Å². The van der Waals surface area contributed by atoms with E-state index in [1.807, 2.05) is 27.7 Å². The van der Waals surface area contributed by atoms with E-state index in [9.17, 15) is 29.1 Å². The highest BCUT2D eigenvalue weighted by Gasteiger charge is 2.39. The second-order valence-electron chi connectivity index (χ2n) is 14.7. The summed E-state index contributed by atoms with van der Waals surface area (Å²) in [4.78, 5) is 72.5. The van der Waals surface area contributed by atoms with Crippen LogP contribution in [0.1, 0.15) is 98.8 Å². The van der Waals surface area contributed by atoms with Crippen LogP contribution in [-0.2, 0) is 24.0 Å². The third-order valence-electron chi connectivity index (χ3n) is 10.2. The fourth-order valence-corrected chi connectivity index (χ4v) is 7.40. The Labute approximate surface area is 280 Å². The molecular formula is C34H61N7O6. The van der Waals surface area contributed by atoms with E-state index >= 15 is 0 Å². The Balaban J connectivity index is 2.03. The van der Waals surface area contributed by atoms with E-state index < -0.39 is 66.0 Å². The predicted molar refractivity (Wildman–Crippen MR) is 180 cm³/mol. The highest BCUT2D eigenvalue weighted by molar-refractivity contribution is 5.96. The van der Waals surface area contributed by atoms with Crippen molar-refractivity contribution in [2.45, 2.75) is 141 Å². The normalized spacial score (nSPS) is 31.5. The van der Waals surface area contributed by atoms with E-state index in [0.29, 0.717) is 25.4 Å². The van der Waals surface area contributed by atoms with E-state index in [4.69, 9.17) is 5.73 Å². The lowest BCUT2D eigenvalue weighted by atomic mass is 9.83. The molecule has 0 aromatic heterocycles. The first-order valence-electron chi connectivity index (χ1n) is 17.8. The van der Waals surface area contributed by atoms with Gasteiger partial charge < -0.3 is 37.0 Å². The van der Waals surface area contributed by atoms with Crippen LogP contribution in [0.4, 0.5) is 0 Å². The van der Waals surface area contributed by atoms with E-state index in [2.05, 4.69) is 26.2 Å². The number of aliphatic hydroxyl groups is 1. The monoisotopic (exact) mass is 663 g/mol. The lowest BCUT2D eigenvalue weighted by Gasteiger charge is -2.38. The number of hydrogen-bond donors (Lipinski definition) is 6. The molecule has 7 N–H and O–H groups in total. The number of hydrogen-bond acceptors (Lipinski definition) is 8. The van der Waals surface area contributed by atoms with Gasteiger partial charge in [-0.25, -0.2) is 0 Å². The van der Waals surface area contributed by atoms with Crippen molar-refractivity contribution in [2.24, 2.45) is 23.5 Å². The van der Waals surface area contributed by atoms with E-state index in [0.717, 1.165) is 57.8 Å². The zero-order valence-corrected chi connectivity index (χ0v) is 29.4. The molecule has 0 aromatic carbocycles. The minimum Gasteiger partial charge on any atom is -0.391 e. The zero-order chi connectivity index (χ0) is 34.8. The van der Waals surface area contributed by atoms with Crippen molar-refractivity contribution in [2.75, 3.05) is 26.7 Å². The average Bonchev–Trinajstić information content (AvgIpc) is 3.54. The number of aliphatic hydroxyl groups excluding tert-OH is 1. The van der Waals surface area contributed by atoms with Crippen LogP contribution in [0.25, 0.3) is 0 Å². The van der Waals surface area contributed by atoms with Crippen LogP contribution in [0.2, 0.25) is 0 Å². The maximum atomic E-state index is 14.2. The summed E-state index contributed by atoms with van der Waals surface area (Å²) in [6, 6.07) is -5.26. The Kier molecular flexibility index (Phi) is 14.9. The highest BCUT2D eigenvalue weighted by atomic mass is 16.3. The molecule has 0 unspecified atom stereocenters. The molecule has 2 saturated carbocycles. The number of amides is 5. The van der Waals surface area contributed by atoms with Gasteiger partial charge in [0.1, 0.15) is 24.2 Å². The lowest BCUT2D eigenvalue weighted by Crippen LogP contribution is -2.63. The highest BCUT2D eigenvalue weighted by Crippen LogP contribution is 2.28. The minimum absolute atomic E-state index is 0.0909. The molecular weight excluding hydrogens is 602 g/mol. The largest absolute Gasteiger partial charge is 0.391 e. The number of nitrogens with zero attached hydrogens (tertiary/aromatic N) is 2. The third-order valence-corrected chi connectivity index (χ3v) is 10.2. The van der Waals surface area contributed by atoms with Crippen LogP contribution in [0.5, 0.6) is 0 Å². The van der Waals surface area contributed by atoms with E-state index in [1.54, 1.807) is 7.05 Å². The second kappa shape index (κ2) is 18.1. The lowest BCUT2D eigenvalue weighted by molar-refractivity contribution is -0.144. The van der Waals surface area contributed by atoms with Gasteiger partial charge in [-0.15, -0.1) is 0 Å². The Morgan fingerprint density at radius 3 is 2.00 bits per heavy atom. The van der Waals surface area contributed by atoms with Gasteiger partial charge in [-0.05, 0) is 70.6 Å². The second-order valence-corrected chi connectivity index (χ2v) is 14.7. The molecule has 0 aromatic rings. The topological polar surface area (TPSA) is 186 Å². The van der Waals surface area contributed by atoms with Crippen LogP contribution in [0.15, 0.2) is 0 Å². The molecule has 1 saturated heterocycles. The predicted octanol–water partition coefficient (Wildman–Crippen LogP) is 0.633. The number of nitrogens with one attached hydrogen (secondary N) is 4. The number of carbonyl (C=O) groups excluding carboxylic acids is 5. The first-order valence-corrected chi connectivity index (χ1v) is 17.8. The van der Waals surface area contributed by atoms with Gasteiger partial charge in [-0.3, -0.25) is 28.9 Å². The molecule has 13 heteroatoms. The van der Waals surface area contributed by atoms with Crippen LogP contribution >= 0.6 is 0 Å². The summed E-state index contributed by atoms with van der Waals surface area (Å²) in [5.41, 5.74) is 5.94. The molecule has 3 aliphatic rings. The molecule has 5 amide bonds. The molecule has 0 bridgehead atoms. The first-order chi connectivity index (χ1) is 22.2. The molecule has 3 rings (SSSR count). The fourth-order valence-electron chi connectivity index (χ4n) is 7.40. The van der Waals surface area contributed by atoms with Gasteiger partial charge in [0, 0.05) is 32.7 Å². The van der Waals surface area contributed by atoms with Crippen LogP contribution in [-0.4, -0.2) is 113 Å². The van der Waals surface area contributed by atoms with Gasteiger partial charge in [0.15, 0.2) is 0 Å². The van der Waals surface area contributed by atoms with E-state index in [-0.39, 0.29) is 24.3 Å². The van der Waals surface area contributed by atoms with Crippen LogP contribution in [0.3, 0.4) is 0 Å². The van der Waals surface area contributed by atoms with E-state index in [1.165, 1.54) is 11.8 Å². The quantitative estimate of drug-likeness (QED) is 0.229. The van der Waals surface area contributed by atoms with Crippen molar-refractivity contribution < 1.29 is 29.1 Å². The molecule has 3 fully saturated rings. The molecule has 7 atom stereocenters. The molecule has 268 valence electrons. The molecule has 1 heterocycles. The summed E-state index contributed by atoms with van der Waals surface area (Å²) in [6.07, 6.45) is 7.91. The van der Waals surface area contributed by atoms with Crippen molar-refractivity contribution in [3.8, 4) is 0 Å². The number of likely N-dealkylation sites (N-methyl/N-ethyl adjacent to an activating group) is 1. The summed E-state index contributed by atoms with van der Waals surface area (Å²) < 4.78 is 0. The van der Waals surface area contributed by atoms with Gasteiger partial charge in [-0.2, -0.15) is 0 Å². The Hall–Kier alpha value is -2.77. The summed E-state index contributed by atoms with van der Waals surface area (Å²) in [7, 11) is 1.65.